The molecule has 7 aromatic carbocycles. The van der Waals surface area contributed by atoms with Gasteiger partial charge in [0.15, 0.2) is 0 Å². The lowest BCUT2D eigenvalue weighted by Crippen LogP contribution is -1.93. The summed E-state index contributed by atoms with van der Waals surface area (Å²) in [4.78, 5) is 5.05. The van der Waals surface area contributed by atoms with Gasteiger partial charge in [-0.1, -0.05) is 164 Å². The summed E-state index contributed by atoms with van der Waals surface area (Å²) in [5, 5.41) is 4.65. The first-order valence-corrected chi connectivity index (χ1v) is 19.3. The van der Waals surface area contributed by atoms with Crippen LogP contribution in [0.5, 0.6) is 0 Å². The summed E-state index contributed by atoms with van der Waals surface area (Å²) in [6.45, 7) is 6.37. The van der Waals surface area contributed by atoms with E-state index in [2.05, 4.69) is 169 Å². The number of furan rings is 1. The molecule has 3 nitrogen and oxygen atoms in total. The van der Waals surface area contributed by atoms with Crippen LogP contribution in [0.2, 0.25) is 0 Å². The molecule has 0 atom stereocenters. The van der Waals surface area contributed by atoms with Gasteiger partial charge >= 0.3 is 0 Å². The lowest BCUT2D eigenvalue weighted by atomic mass is 9.97. The predicted octanol–water partition coefficient (Wildman–Crippen LogP) is 14.9. The number of hydrogen-bond acceptors (Lipinski definition) is 2. The summed E-state index contributed by atoms with van der Waals surface area (Å²) >= 11 is 0. The molecule has 0 saturated carbocycles. The van der Waals surface area contributed by atoms with E-state index in [9.17, 15) is 0 Å². The third kappa shape index (κ3) is 6.07. The molecule has 3 aromatic heterocycles. The van der Waals surface area contributed by atoms with Crippen molar-refractivity contribution in [3.8, 4) is 50.3 Å². The van der Waals surface area contributed by atoms with Crippen molar-refractivity contribution in [3.63, 3.8) is 0 Å². The number of nitrogens with zero attached hydrogens (tertiary/aromatic N) is 2. The van der Waals surface area contributed by atoms with Crippen LogP contribution in [0.4, 0.5) is 0 Å². The Hall–Kier alpha value is -7.49. The highest BCUT2D eigenvalue weighted by Gasteiger charge is 2.18. The Balaban J connectivity index is 1.05. The van der Waals surface area contributed by atoms with E-state index in [0.717, 1.165) is 72.4 Å². The summed E-state index contributed by atoms with van der Waals surface area (Å²) < 4.78 is 9.28. The average molecular weight is 731 g/mol. The van der Waals surface area contributed by atoms with E-state index in [4.69, 9.17) is 9.40 Å². The van der Waals surface area contributed by atoms with Crippen LogP contribution in [0, 0.1) is 0 Å². The molecule has 3 heteroatoms. The molecule has 0 N–H and O–H groups in total. The average Bonchev–Trinajstić information content (AvgIpc) is 3.83. The number of rotatable bonds is 8. The molecule has 0 aliphatic carbocycles. The highest BCUT2D eigenvalue weighted by molar-refractivity contribution is 6.13. The first kappa shape index (κ1) is 34.0. The fourth-order valence-electron chi connectivity index (χ4n) is 8.10. The van der Waals surface area contributed by atoms with E-state index in [1.165, 1.54) is 32.9 Å². The van der Waals surface area contributed by atoms with Gasteiger partial charge in [0, 0.05) is 43.9 Å². The normalized spacial score (nSPS) is 11.9. The maximum atomic E-state index is 6.92. The van der Waals surface area contributed by atoms with Crippen molar-refractivity contribution in [2.75, 3.05) is 0 Å². The van der Waals surface area contributed by atoms with Gasteiger partial charge in [0.2, 0.25) is 0 Å². The van der Waals surface area contributed by atoms with Crippen LogP contribution in [-0.4, -0.2) is 9.55 Å². The van der Waals surface area contributed by atoms with E-state index in [-0.39, 0.29) is 0 Å². The van der Waals surface area contributed by atoms with E-state index < -0.39 is 0 Å². The smallest absolute Gasteiger partial charge is 0.143 e. The van der Waals surface area contributed by atoms with Crippen LogP contribution in [0.25, 0.3) is 99.6 Å². The topological polar surface area (TPSA) is 31.0 Å². The standard InChI is InChI=1S/C54H38N2O/c1-3-4-7-16-36(2)49-34-41(35-50(55-49)39-17-8-5-9-18-39)44-23-15-25-47-46-24-14-22-43(53(46)57-54(44)47)38-29-27-37(28-30-38)40-31-32-52-48(33-40)45-21-12-13-26-51(45)56(52)42-19-10-6-11-20-42/h3-35H,2H2,1H3/b4-3-,16-7-. The van der Waals surface area contributed by atoms with Crippen molar-refractivity contribution >= 4 is 49.3 Å². The van der Waals surface area contributed by atoms with Crippen molar-refractivity contribution in [2.45, 2.75) is 6.92 Å². The monoisotopic (exact) mass is 730 g/mol. The number of para-hydroxylation sites is 4. The van der Waals surface area contributed by atoms with Gasteiger partial charge in [0.25, 0.3) is 0 Å². The first-order valence-electron chi connectivity index (χ1n) is 19.3. The van der Waals surface area contributed by atoms with Crippen molar-refractivity contribution in [1.29, 1.82) is 0 Å². The number of hydrogen-bond donors (Lipinski definition) is 0. The van der Waals surface area contributed by atoms with Crippen LogP contribution in [0.1, 0.15) is 12.6 Å². The molecule has 10 aromatic rings. The van der Waals surface area contributed by atoms with Gasteiger partial charge in [0.1, 0.15) is 11.2 Å². The second-order valence-corrected chi connectivity index (χ2v) is 14.4. The quantitative estimate of drug-likeness (QED) is 0.146. The number of allylic oxidation sites excluding steroid dienone is 5. The molecule has 0 fully saturated rings. The van der Waals surface area contributed by atoms with Gasteiger partial charge in [-0.3, -0.25) is 0 Å². The molecule has 0 aliphatic rings. The summed E-state index contributed by atoms with van der Waals surface area (Å²) in [6.07, 6.45) is 8.00. The Kier molecular flexibility index (Phi) is 8.54. The minimum atomic E-state index is 0.821. The molecule has 270 valence electrons. The Morgan fingerprint density at radius 2 is 1.12 bits per heavy atom. The van der Waals surface area contributed by atoms with E-state index in [0.29, 0.717) is 0 Å². The Morgan fingerprint density at radius 1 is 0.509 bits per heavy atom. The SMILES string of the molecule is C=C(/C=C\C=C/C)c1cc(-c2cccc3c2oc2c(-c4ccc(-c5ccc6c(c5)c5ccccc5n6-c5ccccc5)cc4)cccc23)cc(-c2ccccc2)n1. The summed E-state index contributed by atoms with van der Waals surface area (Å²) in [5.41, 5.74) is 15.4. The number of benzene rings is 7. The number of aromatic nitrogens is 2. The molecule has 0 amide bonds. The highest BCUT2D eigenvalue weighted by Crippen LogP contribution is 2.42. The number of fused-ring (bicyclic) bond motifs is 6. The van der Waals surface area contributed by atoms with E-state index in [1.54, 1.807) is 0 Å². The highest BCUT2D eigenvalue weighted by atomic mass is 16.3. The van der Waals surface area contributed by atoms with Crippen LogP contribution in [0.3, 0.4) is 0 Å². The van der Waals surface area contributed by atoms with Gasteiger partial charge in [-0.05, 0) is 77.2 Å². The second-order valence-electron chi connectivity index (χ2n) is 14.4. The Labute approximate surface area is 331 Å². The molecule has 0 saturated heterocycles. The van der Waals surface area contributed by atoms with Gasteiger partial charge in [0.05, 0.1) is 22.4 Å². The Morgan fingerprint density at radius 3 is 1.86 bits per heavy atom. The van der Waals surface area contributed by atoms with Crippen LogP contribution < -0.4 is 0 Å². The first-order chi connectivity index (χ1) is 28.1. The molecule has 57 heavy (non-hydrogen) atoms. The van der Waals surface area contributed by atoms with Gasteiger partial charge in [-0.2, -0.15) is 0 Å². The zero-order valence-corrected chi connectivity index (χ0v) is 31.6. The van der Waals surface area contributed by atoms with E-state index in [1.807, 2.05) is 49.4 Å². The van der Waals surface area contributed by atoms with Crippen LogP contribution in [-0.2, 0) is 0 Å². The van der Waals surface area contributed by atoms with Gasteiger partial charge in [-0.15, -0.1) is 0 Å². The molecular weight excluding hydrogens is 693 g/mol. The fourth-order valence-corrected chi connectivity index (χ4v) is 8.10. The van der Waals surface area contributed by atoms with Crippen LogP contribution in [0.15, 0.2) is 211 Å². The lowest BCUT2D eigenvalue weighted by Gasteiger charge is -2.10. The predicted molar refractivity (Wildman–Crippen MR) is 241 cm³/mol. The van der Waals surface area contributed by atoms with Gasteiger partial charge < -0.3 is 8.98 Å². The molecular formula is C54H38N2O. The fraction of sp³-hybridized carbons (Fsp3) is 0.0185. The lowest BCUT2D eigenvalue weighted by molar-refractivity contribution is 0.671. The molecule has 0 spiro atoms. The number of pyridine rings is 1. The summed E-state index contributed by atoms with van der Waals surface area (Å²) in [6, 6.07) is 62.4. The molecule has 0 radical (unpaired) electrons. The zero-order valence-electron chi connectivity index (χ0n) is 31.6. The maximum Gasteiger partial charge on any atom is 0.143 e. The zero-order chi connectivity index (χ0) is 38.3. The molecule has 10 rings (SSSR count). The maximum absolute atomic E-state index is 6.92. The molecule has 3 heterocycles. The third-order valence-corrected chi connectivity index (χ3v) is 10.9. The minimum Gasteiger partial charge on any atom is -0.455 e. The van der Waals surface area contributed by atoms with Crippen molar-refractivity contribution in [3.05, 3.63) is 213 Å². The second kappa shape index (κ2) is 14.3. The van der Waals surface area contributed by atoms with Crippen molar-refractivity contribution < 1.29 is 4.42 Å². The van der Waals surface area contributed by atoms with E-state index >= 15 is 0 Å². The van der Waals surface area contributed by atoms with Crippen molar-refractivity contribution in [1.82, 2.24) is 9.55 Å². The minimum absolute atomic E-state index is 0.821. The Bertz CT molecular complexity index is 3180. The van der Waals surface area contributed by atoms with Crippen molar-refractivity contribution in [2.24, 2.45) is 0 Å². The summed E-state index contributed by atoms with van der Waals surface area (Å²) in [7, 11) is 0. The molecule has 0 unspecified atom stereocenters. The summed E-state index contributed by atoms with van der Waals surface area (Å²) in [5.74, 6) is 0. The largest absolute Gasteiger partial charge is 0.455 e. The third-order valence-electron chi connectivity index (χ3n) is 10.9. The molecule has 0 aliphatic heterocycles. The van der Waals surface area contributed by atoms with Gasteiger partial charge in [-0.25, -0.2) is 4.98 Å². The van der Waals surface area contributed by atoms with Crippen LogP contribution >= 0.6 is 0 Å². The molecule has 0 bridgehead atoms.